The first kappa shape index (κ1) is 10.8. The van der Waals surface area contributed by atoms with Crippen LogP contribution in [0.1, 0.15) is 10.4 Å². The van der Waals surface area contributed by atoms with Crippen LogP contribution in [-0.2, 0) is 9.53 Å². The first-order valence-corrected chi connectivity index (χ1v) is 5.42. The van der Waals surface area contributed by atoms with E-state index in [1.807, 2.05) is 0 Å². The number of ether oxygens (including phenoxy) is 1. The lowest BCUT2D eigenvalue weighted by atomic mass is 10.2. The summed E-state index contributed by atoms with van der Waals surface area (Å²) in [7, 11) is 0. The third-order valence-electron chi connectivity index (χ3n) is 1.48. The zero-order valence-electron chi connectivity index (χ0n) is 7.73. The number of benzene rings is 1. The summed E-state index contributed by atoms with van der Waals surface area (Å²) >= 11 is 1.32. The Bertz CT molecular complexity index is 321. The predicted molar refractivity (Wildman–Crippen MR) is 55.2 cm³/mol. The van der Waals surface area contributed by atoms with Crippen molar-refractivity contribution < 1.29 is 14.3 Å². The molecule has 0 N–H and O–H groups in total. The molecular formula is C10H10O3S. The van der Waals surface area contributed by atoms with Crippen molar-refractivity contribution in [2.75, 3.05) is 12.0 Å². The monoisotopic (exact) mass is 210 g/mol. The second-order valence-electron chi connectivity index (χ2n) is 2.56. The van der Waals surface area contributed by atoms with Crippen LogP contribution >= 0.6 is 11.8 Å². The summed E-state index contributed by atoms with van der Waals surface area (Å²) in [6.45, 7) is 0. The van der Waals surface area contributed by atoms with Crippen LogP contribution in [0.25, 0.3) is 0 Å². The zero-order valence-corrected chi connectivity index (χ0v) is 8.54. The van der Waals surface area contributed by atoms with Crippen molar-refractivity contribution >= 4 is 23.7 Å². The number of thioether (sulfide) groups is 1. The molecule has 0 bridgehead atoms. The fraction of sp³-hybridized carbons (Fsp3) is 0.200. The van der Waals surface area contributed by atoms with Crippen LogP contribution in [0.5, 0.6) is 0 Å². The molecule has 14 heavy (non-hydrogen) atoms. The predicted octanol–water partition coefficient (Wildman–Crippen LogP) is 1.73. The lowest BCUT2D eigenvalue weighted by Gasteiger charge is -2.00. The highest BCUT2D eigenvalue weighted by atomic mass is 32.2. The summed E-state index contributed by atoms with van der Waals surface area (Å²) in [4.78, 5) is 22.2. The van der Waals surface area contributed by atoms with Gasteiger partial charge in [0.2, 0.25) is 0 Å². The van der Waals surface area contributed by atoms with Crippen molar-refractivity contribution in [3.63, 3.8) is 0 Å². The quantitative estimate of drug-likeness (QED) is 0.563. The van der Waals surface area contributed by atoms with Crippen molar-refractivity contribution in [3.05, 3.63) is 35.9 Å². The Hall–Kier alpha value is -1.29. The van der Waals surface area contributed by atoms with Gasteiger partial charge in [-0.3, -0.25) is 4.79 Å². The zero-order chi connectivity index (χ0) is 10.4. The Kier molecular flexibility index (Phi) is 4.19. The molecule has 0 saturated carbocycles. The van der Waals surface area contributed by atoms with E-state index in [1.165, 1.54) is 11.8 Å². The van der Waals surface area contributed by atoms with Gasteiger partial charge >= 0.3 is 11.9 Å². The number of esters is 2. The molecule has 3 nitrogen and oxygen atoms in total. The SMILES string of the molecule is CSCC(=O)OC(=O)c1ccccc1. The van der Waals surface area contributed by atoms with E-state index in [1.54, 1.807) is 36.6 Å². The highest BCUT2D eigenvalue weighted by Gasteiger charge is 2.11. The molecule has 1 rings (SSSR count). The van der Waals surface area contributed by atoms with Crippen LogP contribution in [0.3, 0.4) is 0 Å². The molecule has 0 spiro atoms. The van der Waals surface area contributed by atoms with E-state index in [4.69, 9.17) is 0 Å². The summed E-state index contributed by atoms with van der Waals surface area (Å²) in [5, 5.41) is 0. The van der Waals surface area contributed by atoms with Crippen molar-refractivity contribution in [3.8, 4) is 0 Å². The van der Waals surface area contributed by atoms with Gasteiger partial charge in [-0.25, -0.2) is 4.79 Å². The number of carbonyl (C=O) groups excluding carboxylic acids is 2. The minimum Gasteiger partial charge on any atom is -0.389 e. The molecule has 0 aliphatic carbocycles. The average Bonchev–Trinajstić information content (AvgIpc) is 2.19. The third-order valence-corrected chi connectivity index (χ3v) is 2.00. The van der Waals surface area contributed by atoms with Gasteiger partial charge in [-0.15, -0.1) is 0 Å². The second-order valence-corrected chi connectivity index (χ2v) is 3.43. The molecule has 0 radical (unpaired) electrons. The Morgan fingerprint density at radius 1 is 1.29 bits per heavy atom. The average molecular weight is 210 g/mol. The molecular weight excluding hydrogens is 200 g/mol. The minimum absolute atomic E-state index is 0.193. The summed E-state index contributed by atoms with van der Waals surface area (Å²) in [6, 6.07) is 8.44. The standard InChI is InChI=1S/C10H10O3S/c1-14-7-9(11)13-10(12)8-5-3-2-4-6-8/h2-6H,7H2,1H3. The van der Waals surface area contributed by atoms with Gasteiger partial charge in [-0.2, -0.15) is 11.8 Å². The Morgan fingerprint density at radius 2 is 1.93 bits per heavy atom. The smallest absolute Gasteiger partial charge is 0.345 e. The van der Waals surface area contributed by atoms with Crippen molar-refractivity contribution in [2.45, 2.75) is 0 Å². The van der Waals surface area contributed by atoms with Crippen LogP contribution in [-0.4, -0.2) is 23.9 Å². The van der Waals surface area contributed by atoms with Gasteiger partial charge in [-0.1, -0.05) is 18.2 Å². The molecule has 0 atom stereocenters. The van der Waals surface area contributed by atoms with Gasteiger partial charge in [0.1, 0.15) is 0 Å². The van der Waals surface area contributed by atoms with Crippen molar-refractivity contribution in [2.24, 2.45) is 0 Å². The second kappa shape index (κ2) is 5.44. The van der Waals surface area contributed by atoms with Crippen LogP contribution < -0.4 is 0 Å². The summed E-state index contributed by atoms with van der Waals surface area (Å²) in [5.41, 5.74) is 0.391. The molecule has 0 fully saturated rings. The van der Waals surface area contributed by atoms with Gasteiger partial charge in [0.05, 0.1) is 11.3 Å². The largest absolute Gasteiger partial charge is 0.389 e. The summed E-state index contributed by atoms with van der Waals surface area (Å²) in [5.74, 6) is -0.908. The van der Waals surface area contributed by atoms with Crippen molar-refractivity contribution in [1.82, 2.24) is 0 Å². The van der Waals surface area contributed by atoms with Crippen LogP contribution in [0, 0.1) is 0 Å². The molecule has 1 aromatic carbocycles. The first-order valence-electron chi connectivity index (χ1n) is 4.03. The lowest BCUT2D eigenvalue weighted by Crippen LogP contribution is -2.14. The highest BCUT2D eigenvalue weighted by molar-refractivity contribution is 7.99. The van der Waals surface area contributed by atoms with Crippen LogP contribution in [0.2, 0.25) is 0 Å². The van der Waals surface area contributed by atoms with E-state index in [2.05, 4.69) is 4.74 Å². The van der Waals surface area contributed by atoms with Gasteiger partial charge in [0.25, 0.3) is 0 Å². The Balaban J connectivity index is 2.55. The number of rotatable bonds is 3. The molecule has 0 aliphatic rings. The maximum Gasteiger partial charge on any atom is 0.345 e. The van der Waals surface area contributed by atoms with Gasteiger partial charge in [0, 0.05) is 0 Å². The molecule has 1 aromatic rings. The van der Waals surface area contributed by atoms with Gasteiger partial charge in [-0.05, 0) is 18.4 Å². The Labute approximate surface area is 86.5 Å². The minimum atomic E-state index is -0.593. The first-order chi connectivity index (χ1) is 6.74. The molecule has 0 aromatic heterocycles. The summed E-state index contributed by atoms with van der Waals surface area (Å²) in [6.07, 6.45) is 1.77. The topological polar surface area (TPSA) is 43.4 Å². The van der Waals surface area contributed by atoms with Crippen LogP contribution in [0.15, 0.2) is 30.3 Å². The van der Waals surface area contributed by atoms with E-state index in [0.29, 0.717) is 5.56 Å². The lowest BCUT2D eigenvalue weighted by molar-refractivity contribution is -0.134. The number of hydrogen-bond acceptors (Lipinski definition) is 4. The molecule has 0 heterocycles. The molecule has 0 aliphatic heterocycles. The van der Waals surface area contributed by atoms with E-state index >= 15 is 0 Å². The molecule has 0 saturated heterocycles. The fourth-order valence-corrected chi connectivity index (χ4v) is 1.18. The molecule has 0 unspecified atom stereocenters. The third kappa shape index (κ3) is 3.22. The fourth-order valence-electron chi connectivity index (χ4n) is 0.884. The van der Waals surface area contributed by atoms with E-state index in [0.717, 1.165) is 0 Å². The van der Waals surface area contributed by atoms with Gasteiger partial charge in [0.15, 0.2) is 0 Å². The maximum atomic E-state index is 11.3. The van der Waals surface area contributed by atoms with Crippen LogP contribution in [0.4, 0.5) is 0 Å². The molecule has 74 valence electrons. The Morgan fingerprint density at radius 3 is 2.50 bits per heavy atom. The van der Waals surface area contributed by atoms with E-state index in [-0.39, 0.29) is 5.75 Å². The number of hydrogen-bond donors (Lipinski definition) is 0. The summed E-state index contributed by atoms with van der Waals surface area (Å²) < 4.78 is 4.58. The highest BCUT2D eigenvalue weighted by Crippen LogP contribution is 2.02. The molecule has 4 heteroatoms. The van der Waals surface area contributed by atoms with E-state index in [9.17, 15) is 9.59 Å². The number of carbonyl (C=O) groups is 2. The molecule has 0 amide bonds. The van der Waals surface area contributed by atoms with Gasteiger partial charge < -0.3 is 4.74 Å². The van der Waals surface area contributed by atoms with Crippen molar-refractivity contribution in [1.29, 1.82) is 0 Å². The normalized spacial score (nSPS) is 9.50. The van der Waals surface area contributed by atoms with E-state index < -0.39 is 11.9 Å². The maximum absolute atomic E-state index is 11.3.